The minimum absolute atomic E-state index is 0.199. The zero-order valence-electron chi connectivity index (χ0n) is 14.8. The highest BCUT2D eigenvalue weighted by Crippen LogP contribution is 2.16. The number of guanidine groups is 1. The molecule has 0 bridgehead atoms. The highest BCUT2D eigenvalue weighted by molar-refractivity contribution is 5.79. The summed E-state index contributed by atoms with van der Waals surface area (Å²) in [7, 11) is 3.32. The van der Waals surface area contributed by atoms with Crippen molar-refractivity contribution in [2.75, 3.05) is 27.3 Å². The number of aliphatic imine (C=N–C) groups is 1. The van der Waals surface area contributed by atoms with Gasteiger partial charge in [-0.25, -0.2) is 4.39 Å². The van der Waals surface area contributed by atoms with Crippen molar-refractivity contribution >= 4 is 5.96 Å². The number of halogens is 1. The van der Waals surface area contributed by atoms with Crippen molar-refractivity contribution in [2.24, 2.45) is 4.99 Å². The molecule has 0 aliphatic carbocycles. The van der Waals surface area contributed by atoms with Crippen molar-refractivity contribution < 1.29 is 13.9 Å². The predicted molar refractivity (Wildman–Crippen MR) is 97.8 cm³/mol. The summed E-state index contributed by atoms with van der Waals surface area (Å²) < 4.78 is 24.3. The quantitative estimate of drug-likeness (QED) is 0.460. The minimum atomic E-state index is -0.199. The Morgan fingerprint density at radius 2 is 1.80 bits per heavy atom. The third-order valence-corrected chi connectivity index (χ3v) is 3.64. The predicted octanol–water partition coefficient (Wildman–Crippen LogP) is 2.89. The highest BCUT2D eigenvalue weighted by atomic mass is 19.1. The van der Waals surface area contributed by atoms with Gasteiger partial charge in [-0.05, 0) is 48.4 Å². The molecule has 2 aromatic carbocycles. The van der Waals surface area contributed by atoms with Crippen LogP contribution in [0.4, 0.5) is 4.39 Å². The van der Waals surface area contributed by atoms with E-state index in [0.29, 0.717) is 31.2 Å². The summed E-state index contributed by atoms with van der Waals surface area (Å²) in [6.45, 7) is 3.33. The van der Waals surface area contributed by atoms with Gasteiger partial charge in [0.25, 0.3) is 0 Å². The lowest BCUT2D eigenvalue weighted by molar-refractivity contribution is 0.321. The first-order valence-electron chi connectivity index (χ1n) is 8.09. The van der Waals surface area contributed by atoms with Crippen molar-refractivity contribution in [2.45, 2.75) is 13.5 Å². The van der Waals surface area contributed by atoms with Crippen molar-refractivity contribution in [3.8, 4) is 11.5 Å². The molecule has 0 spiro atoms. The lowest BCUT2D eigenvalue weighted by atomic mass is 10.1. The Morgan fingerprint density at radius 3 is 2.44 bits per heavy atom. The molecule has 0 amide bonds. The molecule has 0 aliphatic rings. The van der Waals surface area contributed by atoms with E-state index in [9.17, 15) is 4.39 Å². The third-order valence-electron chi connectivity index (χ3n) is 3.64. The van der Waals surface area contributed by atoms with Crippen LogP contribution in [0.3, 0.4) is 0 Å². The first kappa shape index (κ1) is 18.6. The van der Waals surface area contributed by atoms with Gasteiger partial charge in [-0.2, -0.15) is 0 Å². The molecule has 0 heterocycles. The van der Waals surface area contributed by atoms with Crippen molar-refractivity contribution in [1.29, 1.82) is 0 Å². The fraction of sp³-hybridized carbons (Fsp3) is 0.316. The molecule has 0 saturated carbocycles. The van der Waals surface area contributed by atoms with Crippen molar-refractivity contribution in [3.63, 3.8) is 0 Å². The van der Waals surface area contributed by atoms with E-state index in [1.54, 1.807) is 27.1 Å². The van der Waals surface area contributed by atoms with E-state index in [2.05, 4.69) is 15.6 Å². The summed E-state index contributed by atoms with van der Waals surface area (Å²) >= 11 is 0. The van der Waals surface area contributed by atoms with Crippen LogP contribution in [0.1, 0.15) is 11.1 Å². The minimum Gasteiger partial charge on any atom is -0.497 e. The maximum absolute atomic E-state index is 13.5. The molecule has 0 fully saturated rings. The summed E-state index contributed by atoms with van der Waals surface area (Å²) in [5.41, 5.74) is 1.50. The number of nitrogens with zero attached hydrogens (tertiary/aromatic N) is 1. The van der Waals surface area contributed by atoms with Crippen molar-refractivity contribution in [1.82, 2.24) is 10.6 Å². The fourth-order valence-corrected chi connectivity index (χ4v) is 2.16. The third kappa shape index (κ3) is 5.99. The summed E-state index contributed by atoms with van der Waals surface area (Å²) in [5.74, 6) is 2.01. The standard InChI is InChI=1S/C19H24FN3O2/c1-14-4-5-15(12-18(14)20)13-23-19(21-2)22-10-11-25-17-8-6-16(24-3)7-9-17/h4-9,12H,10-11,13H2,1-3H3,(H2,21,22,23). The SMILES string of the molecule is CN=C(NCCOc1ccc(OC)cc1)NCc1ccc(C)c(F)c1. The second-order valence-corrected chi connectivity index (χ2v) is 5.46. The zero-order chi connectivity index (χ0) is 18.1. The number of hydrogen-bond donors (Lipinski definition) is 2. The molecule has 2 aromatic rings. The Balaban J connectivity index is 1.71. The smallest absolute Gasteiger partial charge is 0.191 e. The molecule has 0 aromatic heterocycles. The Bertz CT molecular complexity index is 702. The van der Waals surface area contributed by atoms with Gasteiger partial charge >= 0.3 is 0 Å². The summed E-state index contributed by atoms with van der Waals surface area (Å²) in [6.07, 6.45) is 0. The van der Waals surface area contributed by atoms with E-state index in [4.69, 9.17) is 9.47 Å². The number of aryl methyl sites for hydroxylation is 1. The van der Waals surface area contributed by atoms with Crippen LogP contribution in [0.5, 0.6) is 11.5 Å². The molecule has 0 saturated heterocycles. The summed E-state index contributed by atoms with van der Waals surface area (Å²) in [4.78, 5) is 4.14. The first-order valence-corrected chi connectivity index (χ1v) is 8.09. The topological polar surface area (TPSA) is 54.9 Å². The van der Waals surface area contributed by atoms with Crippen LogP contribution in [0.25, 0.3) is 0 Å². The van der Waals surface area contributed by atoms with Gasteiger partial charge in [0.2, 0.25) is 0 Å². The number of rotatable bonds is 7. The molecule has 5 nitrogen and oxygen atoms in total. The van der Waals surface area contributed by atoms with Crippen LogP contribution in [0.2, 0.25) is 0 Å². The Morgan fingerprint density at radius 1 is 1.08 bits per heavy atom. The van der Waals surface area contributed by atoms with E-state index in [1.165, 1.54) is 6.07 Å². The van der Waals surface area contributed by atoms with Crippen molar-refractivity contribution in [3.05, 3.63) is 59.4 Å². The zero-order valence-corrected chi connectivity index (χ0v) is 14.8. The fourth-order valence-electron chi connectivity index (χ4n) is 2.16. The molecular formula is C19H24FN3O2. The van der Waals surface area contributed by atoms with Crippen LogP contribution >= 0.6 is 0 Å². The van der Waals surface area contributed by atoms with E-state index in [1.807, 2.05) is 30.3 Å². The molecule has 6 heteroatoms. The normalized spacial score (nSPS) is 11.1. The number of nitrogens with one attached hydrogen (secondary N) is 2. The van der Waals surface area contributed by atoms with Gasteiger partial charge in [0.1, 0.15) is 23.9 Å². The summed E-state index contributed by atoms with van der Waals surface area (Å²) in [5, 5.41) is 6.30. The molecule has 134 valence electrons. The lowest BCUT2D eigenvalue weighted by Crippen LogP contribution is -2.38. The molecule has 0 aliphatic heterocycles. The molecular weight excluding hydrogens is 321 g/mol. The molecule has 0 unspecified atom stereocenters. The van der Waals surface area contributed by atoms with Gasteiger partial charge in [-0.1, -0.05) is 12.1 Å². The molecule has 0 radical (unpaired) electrons. The van der Waals surface area contributed by atoms with Crippen LogP contribution < -0.4 is 20.1 Å². The van der Waals surface area contributed by atoms with Gasteiger partial charge in [-0.3, -0.25) is 4.99 Å². The largest absolute Gasteiger partial charge is 0.497 e. The lowest BCUT2D eigenvalue weighted by Gasteiger charge is -2.13. The first-order chi connectivity index (χ1) is 12.1. The average molecular weight is 345 g/mol. The Kier molecular flexibility index (Phi) is 7.07. The van der Waals surface area contributed by atoms with E-state index < -0.39 is 0 Å². The van der Waals surface area contributed by atoms with Gasteiger partial charge in [0.15, 0.2) is 5.96 Å². The van der Waals surface area contributed by atoms with Gasteiger partial charge in [0, 0.05) is 13.6 Å². The average Bonchev–Trinajstić information content (AvgIpc) is 2.64. The number of methoxy groups -OCH3 is 1. The monoisotopic (exact) mass is 345 g/mol. The maximum Gasteiger partial charge on any atom is 0.191 e. The van der Waals surface area contributed by atoms with E-state index in [-0.39, 0.29) is 5.82 Å². The second kappa shape index (κ2) is 9.52. The van der Waals surface area contributed by atoms with Crippen LogP contribution in [-0.2, 0) is 6.54 Å². The van der Waals surface area contributed by atoms with Gasteiger partial charge in [0.05, 0.1) is 13.7 Å². The second-order valence-electron chi connectivity index (χ2n) is 5.46. The number of ether oxygens (including phenoxy) is 2. The van der Waals surface area contributed by atoms with E-state index in [0.717, 1.165) is 17.1 Å². The van der Waals surface area contributed by atoms with Gasteiger partial charge < -0.3 is 20.1 Å². The number of hydrogen-bond acceptors (Lipinski definition) is 3. The summed E-state index contributed by atoms with van der Waals surface area (Å²) in [6, 6.07) is 12.6. The Labute approximate surface area is 147 Å². The van der Waals surface area contributed by atoms with Gasteiger partial charge in [-0.15, -0.1) is 0 Å². The number of benzene rings is 2. The highest BCUT2D eigenvalue weighted by Gasteiger charge is 2.02. The van der Waals surface area contributed by atoms with Crippen LogP contribution in [-0.4, -0.2) is 33.3 Å². The maximum atomic E-state index is 13.5. The van der Waals surface area contributed by atoms with Crippen LogP contribution in [0.15, 0.2) is 47.5 Å². The van der Waals surface area contributed by atoms with Crippen LogP contribution in [0, 0.1) is 12.7 Å². The Hall–Kier alpha value is -2.76. The van der Waals surface area contributed by atoms with E-state index >= 15 is 0 Å². The molecule has 2 N–H and O–H groups in total. The molecule has 0 atom stereocenters. The molecule has 2 rings (SSSR count). The molecule has 25 heavy (non-hydrogen) atoms.